The first-order chi connectivity index (χ1) is 21.8. The van der Waals surface area contributed by atoms with Crippen LogP contribution < -0.4 is 10.1 Å². The van der Waals surface area contributed by atoms with Gasteiger partial charge in [-0.15, -0.1) is 0 Å². The van der Waals surface area contributed by atoms with E-state index >= 15 is 4.39 Å². The molecular formula is C33H29Cl2FN4O5. The first-order valence-corrected chi connectivity index (χ1v) is 15.8. The maximum absolute atomic E-state index is 16.3. The Hall–Kier alpha value is -3.70. The van der Waals surface area contributed by atoms with E-state index in [-0.39, 0.29) is 41.0 Å². The average molecular weight is 652 g/mol. The minimum atomic E-state index is -1.30. The van der Waals surface area contributed by atoms with Gasteiger partial charge in [0.2, 0.25) is 11.8 Å². The summed E-state index contributed by atoms with van der Waals surface area (Å²) >= 11 is 12.8. The van der Waals surface area contributed by atoms with Crippen LogP contribution in [0.5, 0.6) is 5.88 Å². The average Bonchev–Trinajstić information content (AvgIpc) is 3.55. The van der Waals surface area contributed by atoms with Crippen molar-refractivity contribution in [3.8, 4) is 5.88 Å². The van der Waals surface area contributed by atoms with E-state index in [1.165, 1.54) is 18.2 Å². The number of anilines is 1. The zero-order valence-electron chi connectivity index (χ0n) is 24.0. The van der Waals surface area contributed by atoms with Crippen LogP contribution in [0, 0.1) is 17.7 Å². The predicted molar refractivity (Wildman–Crippen MR) is 166 cm³/mol. The molecule has 1 unspecified atom stereocenters. The molecule has 4 aliphatic rings. The second kappa shape index (κ2) is 10.7. The summed E-state index contributed by atoms with van der Waals surface area (Å²) in [5.41, 5.74) is 0.952. The lowest BCUT2D eigenvalue weighted by Crippen LogP contribution is -2.55. The number of aromatic nitrogens is 2. The van der Waals surface area contributed by atoms with Gasteiger partial charge in [-0.05, 0) is 60.7 Å². The Morgan fingerprint density at radius 1 is 1.16 bits per heavy atom. The van der Waals surface area contributed by atoms with E-state index in [9.17, 15) is 14.7 Å². The van der Waals surface area contributed by atoms with Crippen molar-refractivity contribution in [1.29, 1.82) is 0 Å². The van der Waals surface area contributed by atoms with Crippen molar-refractivity contribution in [2.24, 2.45) is 11.8 Å². The monoisotopic (exact) mass is 650 g/mol. The topological polar surface area (TPSA) is 106 Å². The minimum Gasteiger partial charge on any atom is -0.478 e. The molecule has 232 valence electrons. The molecule has 0 aliphatic carbocycles. The highest BCUT2D eigenvalue weighted by molar-refractivity contribution is 6.31. The van der Waals surface area contributed by atoms with Crippen LogP contribution in [0.1, 0.15) is 40.2 Å². The summed E-state index contributed by atoms with van der Waals surface area (Å²) in [4.78, 5) is 28.5. The van der Waals surface area contributed by atoms with Gasteiger partial charge < -0.3 is 19.9 Å². The van der Waals surface area contributed by atoms with Gasteiger partial charge in [0.05, 0.1) is 34.1 Å². The number of aromatic carboxylic acids is 1. The van der Waals surface area contributed by atoms with Crippen molar-refractivity contribution < 1.29 is 28.6 Å². The van der Waals surface area contributed by atoms with Crippen molar-refractivity contribution in [1.82, 2.24) is 14.7 Å². The van der Waals surface area contributed by atoms with Crippen LogP contribution in [-0.2, 0) is 21.6 Å². The number of fused-ring (bicyclic) bond motifs is 6. The highest BCUT2D eigenvalue weighted by atomic mass is 35.5. The van der Waals surface area contributed by atoms with Crippen molar-refractivity contribution in [2.75, 3.05) is 31.7 Å². The first-order valence-electron chi connectivity index (χ1n) is 15.0. The summed E-state index contributed by atoms with van der Waals surface area (Å²) in [6, 6.07) is 14.7. The summed E-state index contributed by atoms with van der Waals surface area (Å²) in [6.07, 6.45) is 1.86. The molecule has 5 atom stereocenters. The van der Waals surface area contributed by atoms with Crippen LogP contribution in [0.2, 0.25) is 10.0 Å². The Morgan fingerprint density at radius 3 is 2.82 bits per heavy atom. The number of carboxylic acids is 1. The number of nitrogens with zero attached hydrogens (tertiary/aromatic N) is 3. The van der Waals surface area contributed by atoms with E-state index < -0.39 is 23.2 Å². The maximum atomic E-state index is 16.3. The van der Waals surface area contributed by atoms with Crippen molar-refractivity contribution in [2.45, 2.75) is 36.9 Å². The fourth-order valence-electron chi connectivity index (χ4n) is 8.14. The number of likely N-dealkylation sites (tertiary alicyclic amines) is 1. The molecule has 0 saturated carbocycles. The molecule has 4 aliphatic heterocycles. The van der Waals surface area contributed by atoms with Gasteiger partial charge in [-0.1, -0.05) is 41.4 Å². The van der Waals surface area contributed by atoms with Gasteiger partial charge in [0, 0.05) is 47.8 Å². The molecule has 12 heteroatoms. The lowest BCUT2D eigenvalue weighted by Gasteiger charge is -2.42. The van der Waals surface area contributed by atoms with Crippen LogP contribution in [0.25, 0.3) is 10.9 Å². The van der Waals surface area contributed by atoms with E-state index in [2.05, 4.69) is 10.2 Å². The van der Waals surface area contributed by atoms with Gasteiger partial charge in [-0.3, -0.25) is 9.69 Å². The molecule has 1 amide bonds. The number of amides is 1. The van der Waals surface area contributed by atoms with Gasteiger partial charge in [-0.25, -0.2) is 13.9 Å². The number of carbonyl (C=O) groups is 2. The summed E-state index contributed by atoms with van der Waals surface area (Å²) < 4.78 is 30.4. The molecule has 9 nitrogen and oxygen atoms in total. The number of halogens is 3. The molecule has 1 spiro atoms. The molecule has 2 N–H and O–H groups in total. The number of carboxylic acid groups (broad SMARTS) is 1. The van der Waals surface area contributed by atoms with Gasteiger partial charge in [0.15, 0.2) is 0 Å². The van der Waals surface area contributed by atoms with Crippen LogP contribution in [-0.4, -0.2) is 64.1 Å². The van der Waals surface area contributed by atoms with Gasteiger partial charge >= 0.3 is 5.97 Å². The first kappa shape index (κ1) is 28.8. The normalized spacial score (nSPS) is 27.5. The number of carbonyl (C=O) groups excluding carboxylic acids is 1. The second-order valence-electron chi connectivity index (χ2n) is 12.3. The zero-order chi connectivity index (χ0) is 31.0. The summed E-state index contributed by atoms with van der Waals surface area (Å²) in [6.45, 7) is 2.30. The van der Waals surface area contributed by atoms with E-state index in [1.54, 1.807) is 35.0 Å². The molecule has 2 fully saturated rings. The Bertz CT molecular complexity index is 1880. The second-order valence-corrected chi connectivity index (χ2v) is 13.2. The molecule has 8 rings (SSSR count). The molecule has 4 aromatic rings. The fraction of sp³-hybridized carbons (Fsp3) is 0.364. The summed E-state index contributed by atoms with van der Waals surface area (Å²) in [5, 5.41) is 18.5. The lowest BCUT2D eigenvalue weighted by molar-refractivity contribution is -0.129. The fourth-order valence-corrected chi connectivity index (χ4v) is 8.49. The molecule has 5 heterocycles. The van der Waals surface area contributed by atoms with Crippen molar-refractivity contribution in [3.05, 3.63) is 87.2 Å². The zero-order valence-corrected chi connectivity index (χ0v) is 25.5. The molecule has 3 aromatic carbocycles. The summed E-state index contributed by atoms with van der Waals surface area (Å²) in [5.74, 6) is -2.26. The van der Waals surface area contributed by atoms with Crippen molar-refractivity contribution in [3.63, 3.8) is 0 Å². The number of nitrogens with one attached hydrogen (secondary N) is 1. The lowest BCUT2D eigenvalue weighted by atomic mass is 9.71. The van der Waals surface area contributed by atoms with Gasteiger partial charge in [-0.2, -0.15) is 5.10 Å². The Labute approximate surface area is 267 Å². The van der Waals surface area contributed by atoms with Crippen LogP contribution in [0.15, 0.2) is 54.6 Å². The van der Waals surface area contributed by atoms with Gasteiger partial charge in [0.25, 0.3) is 0 Å². The third-order valence-corrected chi connectivity index (χ3v) is 10.5. The highest BCUT2D eigenvalue weighted by Gasteiger charge is 2.67. The minimum absolute atomic E-state index is 0.0235. The van der Waals surface area contributed by atoms with Crippen LogP contribution >= 0.6 is 23.2 Å². The van der Waals surface area contributed by atoms with Crippen LogP contribution in [0.4, 0.5) is 10.1 Å². The molecule has 2 saturated heterocycles. The number of hydrogen-bond acceptors (Lipinski definition) is 6. The van der Waals surface area contributed by atoms with E-state index in [0.29, 0.717) is 59.4 Å². The number of ether oxygens (including phenoxy) is 2. The standard InChI is InChI=1S/C33H29Cl2FN4O5/c34-19-7-9-23-26(12-19)37-32(43)33(23)28(21-4-1-5-24(35)29(21)36)22-14-40-30(20-8-6-18(31(41)42)11-25(20)38-40)45-16-27(22)39(33)13-17-3-2-10-44-15-17/h1,4-9,11-12,17,22,27-28H,2-3,10,13-16H2,(H,37,43)(H,41,42)/t17?,22-,27+,28+,33-/m1/s1. The molecule has 0 bridgehead atoms. The summed E-state index contributed by atoms with van der Waals surface area (Å²) in [7, 11) is 0. The Kier molecular flexibility index (Phi) is 6.83. The van der Waals surface area contributed by atoms with Gasteiger partial charge in [0.1, 0.15) is 18.0 Å². The number of hydrogen-bond donors (Lipinski definition) is 2. The third-order valence-electron chi connectivity index (χ3n) is 9.95. The largest absolute Gasteiger partial charge is 0.478 e. The van der Waals surface area contributed by atoms with Crippen molar-refractivity contribution >= 4 is 51.7 Å². The van der Waals surface area contributed by atoms with E-state index in [4.69, 9.17) is 37.8 Å². The molecule has 1 aromatic heterocycles. The van der Waals surface area contributed by atoms with E-state index in [1.807, 2.05) is 6.07 Å². The van der Waals surface area contributed by atoms with E-state index in [0.717, 1.165) is 18.4 Å². The smallest absolute Gasteiger partial charge is 0.335 e. The molecule has 45 heavy (non-hydrogen) atoms. The predicted octanol–water partition coefficient (Wildman–Crippen LogP) is 5.93. The third kappa shape index (κ3) is 4.30. The molecular weight excluding hydrogens is 622 g/mol. The Morgan fingerprint density at radius 2 is 2.02 bits per heavy atom. The number of rotatable bonds is 4. The quantitative estimate of drug-likeness (QED) is 0.282. The molecule has 0 radical (unpaired) electrons. The SMILES string of the molecule is O=C(O)c1ccc2c3n(nc2c1)C[C@@H]1[C@H](CO3)N(CC2CCCOC2)[C@@]2(C(=O)Nc3cc(Cl)ccc32)[C@H]1c1cccc(Cl)c1F. The highest BCUT2D eigenvalue weighted by Crippen LogP contribution is 2.61. The number of benzene rings is 3. The maximum Gasteiger partial charge on any atom is 0.335 e. The van der Waals surface area contributed by atoms with Crippen LogP contribution in [0.3, 0.4) is 0 Å². The Balaban J connectivity index is 1.35.